The Morgan fingerprint density at radius 2 is 1.71 bits per heavy atom. The lowest BCUT2D eigenvalue weighted by molar-refractivity contribution is 0.0597. The Kier molecular flexibility index (Phi) is 10.4. The van der Waals surface area contributed by atoms with Gasteiger partial charge in [0.05, 0.1) is 20.8 Å². The molecule has 0 aliphatic heterocycles. The molecule has 7 heteroatoms. The van der Waals surface area contributed by atoms with Crippen molar-refractivity contribution in [2.45, 2.75) is 26.9 Å². The third-order valence-corrected chi connectivity index (χ3v) is 4.01. The number of guanidine groups is 1. The minimum Gasteiger partial charge on any atom is -0.496 e. The third-order valence-electron chi connectivity index (χ3n) is 4.01. The molecule has 0 saturated carbocycles. The second kappa shape index (κ2) is 12.2. The number of carbonyl (C=O) groups is 1. The number of esters is 1. The van der Waals surface area contributed by atoms with Crippen molar-refractivity contribution in [2.75, 3.05) is 20.8 Å². The lowest BCUT2D eigenvalue weighted by atomic mass is 10.1. The maximum absolute atomic E-state index is 11.9. The summed E-state index contributed by atoms with van der Waals surface area (Å²) < 4.78 is 10.0. The van der Waals surface area contributed by atoms with Gasteiger partial charge in [-0.1, -0.05) is 35.9 Å². The molecule has 0 saturated heterocycles. The van der Waals surface area contributed by atoms with Crippen molar-refractivity contribution in [1.82, 2.24) is 10.6 Å². The molecule has 2 aromatic rings. The summed E-state index contributed by atoms with van der Waals surface area (Å²) in [5.74, 6) is 0.773. The lowest BCUT2D eigenvalue weighted by Crippen LogP contribution is -2.36. The fraction of sp³-hybridized carbons (Fsp3) is 0.333. The molecule has 0 radical (unpaired) electrons. The number of ether oxygens (including phenoxy) is 2. The first-order chi connectivity index (χ1) is 13.1. The van der Waals surface area contributed by atoms with Gasteiger partial charge in [0.15, 0.2) is 5.96 Å². The fourth-order valence-corrected chi connectivity index (χ4v) is 2.53. The predicted octanol–water partition coefficient (Wildman–Crippen LogP) is 3.66. The maximum Gasteiger partial charge on any atom is 0.341 e. The van der Waals surface area contributed by atoms with Crippen molar-refractivity contribution in [3.63, 3.8) is 0 Å². The Labute approximate surface area is 183 Å². The normalized spacial score (nSPS) is 10.6. The van der Waals surface area contributed by atoms with Crippen LogP contribution in [0.5, 0.6) is 5.75 Å². The van der Waals surface area contributed by atoms with E-state index >= 15 is 0 Å². The number of nitrogens with zero attached hydrogens (tertiary/aromatic N) is 1. The highest BCUT2D eigenvalue weighted by molar-refractivity contribution is 14.0. The summed E-state index contributed by atoms with van der Waals surface area (Å²) in [5.41, 5.74) is 3.71. The van der Waals surface area contributed by atoms with Gasteiger partial charge in [-0.2, -0.15) is 0 Å². The van der Waals surface area contributed by atoms with E-state index in [1.807, 2.05) is 13.0 Å². The van der Waals surface area contributed by atoms with Crippen LogP contribution in [0.1, 0.15) is 34.0 Å². The molecule has 0 amide bonds. The molecule has 152 valence electrons. The van der Waals surface area contributed by atoms with Crippen molar-refractivity contribution >= 4 is 35.9 Å². The summed E-state index contributed by atoms with van der Waals surface area (Å²) in [6.45, 7) is 5.96. The number of benzene rings is 2. The van der Waals surface area contributed by atoms with Gasteiger partial charge in [0.25, 0.3) is 0 Å². The summed E-state index contributed by atoms with van der Waals surface area (Å²) in [4.78, 5) is 16.5. The molecule has 0 atom stereocenters. The van der Waals surface area contributed by atoms with Gasteiger partial charge in [-0.05, 0) is 37.1 Å². The number of hydrogen-bond donors (Lipinski definition) is 2. The molecule has 0 unspecified atom stereocenters. The van der Waals surface area contributed by atoms with E-state index in [1.165, 1.54) is 25.3 Å². The minimum absolute atomic E-state index is 0. The van der Waals surface area contributed by atoms with Gasteiger partial charge < -0.3 is 20.1 Å². The highest BCUT2D eigenvalue weighted by Crippen LogP contribution is 2.21. The number of carbonyl (C=O) groups excluding carboxylic acids is 1. The zero-order valence-corrected chi connectivity index (χ0v) is 19.1. The van der Waals surface area contributed by atoms with E-state index in [1.54, 1.807) is 12.1 Å². The molecule has 2 N–H and O–H groups in total. The van der Waals surface area contributed by atoms with Gasteiger partial charge in [-0.25, -0.2) is 9.79 Å². The Morgan fingerprint density at radius 1 is 1.04 bits per heavy atom. The summed E-state index contributed by atoms with van der Waals surface area (Å²) in [7, 11) is 2.88. The number of halogens is 1. The largest absolute Gasteiger partial charge is 0.496 e. The fourth-order valence-electron chi connectivity index (χ4n) is 2.53. The number of aryl methyl sites for hydroxylation is 1. The molecule has 28 heavy (non-hydrogen) atoms. The molecule has 0 aliphatic rings. The average Bonchev–Trinajstić information content (AvgIpc) is 2.70. The molecule has 0 aromatic heterocycles. The van der Waals surface area contributed by atoms with Crippen LogP contribution in [0.3, 0.4) is 0 Å². The van der Waals surface area contributed by atoms with E-state index in [4.69, 9.17) is 9.47 Å². The Balaban J connectivity index is 0.00000392. The Hall–Kier alpha value is -2.29. The van der Waals surface area contributed by atoms with Crippen LogP contribution in [0, 0.1) is 6.92 Å². The van der Waals surface area contributed by atoms with Gasteiger partial charge in [0.1, 0.15) is 11.3 Å². The molecule has 0 spiro atoms. The highest BCUT2D eigenvalue weighted by atomic mass is 127. The van der Waals surface area contributed by atoms with E-state index in [-0.39, 0.29) is 24.0 Å². The lowest BCUT2D eigenvalue weighted by Gasteiger charge is -2.12. The highest BCUT2D eigenvalue weighted by Gasteiger charge is 2.13. The molecule has 6 nitrogen and oxygen atoms in total. The monoisotopic (exact) mass is 497 g/mol. The van der Waals surface area contributed by atoms with Crippen molar-refractivity contribution < 1.29 is 14.3 Å². The molecule has 0 bridgehead atoms. The van der Waals surface area contributed by atoms with Crippen LogP contribution in [0.25, 0.3) is 0 Å². The van der Waals surface area contributed by atoms with Gasteiger partial charge in [0, 0.05) is 13.1 Å². The molecule has 0 fully saturated rings. The molecule has 0 aliphatic carbocycles. The molecule has 2 aromatic carbocycles. The zero-order valence-electron chi connectivity index (χ0n) is 16.7. The second-order valence-electron chi connectivity index (χ2n) is 6.06. The van der Waals surface area contributed by atoms with Crippen LogP contribution < -0.4 is 15.4 Å². The van der Waals surface area contributed by atoms with E-state index < -0.39 is 5.97 Å². The number of hydrogen-bond acceptors (Lipinski definition) is 4. The standard InChI is InChI=1S/C21H27N3O3.HI/c1-5-22-21(23-13-16-8-6-15(2)7-9-16)24-14-17-10-11-19(26-3)18(12-17)20(25)27-4;/h6-12H,5,13-14H2,1-4H3,(H2,22,23,24);1H. The van der Waals surface area contributed by atoms with Crippen molar-refractivity contribution in [1.29, 1.82) is 0 Å². The Bertz CT molecular complexity index is 792. The smallest absolute Gasteiger partial charge is 0.341 e. The van der Waals surface area contributed by atoms with Crippen molar-refractivity contribution in [2.24, 2.45) is 4.99 Å². The first kappa shape index (κ1) is 23.7. The third kappa shape index (κ3) is 7.03. The zero-order chi connectivity index (χ0) is 19.6. The van der Waals surface area contributed by atoms with E-state index in [9.17, 15) is 4.79 Å². The van der Waals surface area contributed by atoms with Crippen molar-refractivity contribution in [3.8, 4) is 5.75 Å². The summed E-state index contributed by atoms with van der Waals surface area (Å²) in [6.07, 6.45) is 0. The number of nitrogens with one attached hydrogen (secondary N) is 2. The summed E-state index contributed by atoms with van der Waals surface area (Å²) in [5, 5.41) is 6.55. The molecule has 0 heterocycles. The Morgan fingerprint density at radius 3 is 2.32 bits per heavy atom. The van der Waals surface area contributed by atoms with Crippen LogP contribution >= 0.6 is 24.0 Å². The van der Waals surface area contributed by atoms with Gasteiger partial charge in [0.2, 0.25) is 0 Å². The number of methoxy groups -OCH3 is 2. The topological polar surface area (TPSA) is 72.0 Å². The van der Waals surface area contributed by atoms with Crippen molar-refractivity contribution in [3.05, 3.63) is 64.7 Å². The molecular formula is C21H28IN3O3. The second-order valence-corrected chi connectivity index (χ2v) is 6.06. The SMILES string of the molecule is CCNC(=NCc1ccc(OC)c(C(=O)OC)c1)NCc1ccc(C)cc1.I. The van der Waals surface area contributed by atoms with Crippen LogP contribution in [0.4, 0.5) is 0 Å². The predicted molar refractivity (Wildman–Crippen MR) is 123 cm³/mol. The number of aliphatic imine (C=N–C) groups is 1. The van der Waals surface area contributed by atoms with E-state index in [2.05, 4.69) is 46.8 Å². The molecular weight excluding hydrogens is 469 g/mol. The quantitative estimate of drug-likeness (QED) is 0.265. The van der Waals surface area contributed by atoms with Crippen LogP contribution in [-0.2, 0) is 17.8 Å². The van der Waals surface area contributed by atoms with Crippen LogP contribution in [-0.4, -0.2) is 32.7 Å². The van der Waals surface area contributed by atoms with E-state index in [0.717, 1.165) is 12.1 Å². The minimum atomic E-state index is -0.429. The average molecular weight is 497 g/mol. The summed E-state index contributed by atoms with van der Waals surface area (Å²) >= 11 is 0. The van der Waals surface area contributed by atoms with E-state index in [0.29, 0.717) is 30.4 Å². The first-order valence-corrected chi connectivity index (χ1v) is 8.90. The maximum atomic E-state index is 11.9. The van der Waals surface area contributed by atoms with Gasteiger partial charge >= 0.3 is 5.97 Å². The molecule has 2 rings (SSSR count). The first-order valence-electron chi connectivity index (χ1n) is 8.90. The number of rotatable bonds is 7. The van der Waals surface area contributed by atoms with Gasteiger partial charge in [-0.15, -0.1) is 24.0 Å². The van der Waals surface area contributed by atoms with Crippen LogP contribution in [0.15, 0.2) is 47.5 Å². The summed E-state index contributed by atoms with van der Waals surface area (Å²) in [6, 6.07) is 13.8. The van der Waals surface area contributed by atoms with Crippen LogP contribution in [0.2, 0.25) is 0 Å². The van der Waals surface area contributed by atoms with Gasteiger partial charge in [-0.3, -0.25) is 0 Å².